The molecule has 2 saturated heterocycles. The smallest absolute Gasteiger partial charge is 0.254 e. The molecule has 4 rings (SSSR count). The number of amides is 2. The Morgan fingerprint density at radius 3 is 2.57 bits per heavy atom. The molecule has 28 heavy (non-hydrogen) atoms. The number of benzene rings is 1. The van der Waals surface area contributed by atoms with Crippen LogP contribution in [0.2, 0.25) is 0 Å². The molecule has 1 aromatic rings. The van der Waals surface area contributed by atoms with E-state index in [-0.39, 0.29) is 41.7 Å². The molecule has 5 nitrogen and oxygen atoms in total. The first kappa shape index (κ1) is 21.1. The van der Waals surface area contributed by atoms with Crippen LogP contribution >= 0.6 is 12.4 Å². The Bertz CT molecular complexity index is 713. The second-order valence-electron chi connectivity index (χ2n) is 8.97. The highest BCUT2D eigenvalue weighted by atomic mass is 35.5. The fourth-order valence-electron chi connectivity index (χ4n) is 5.29. The predicted octanol–water partition coefficient (Wildman–Crippen LogP) is 3.08. The van der Waals surface area contributed by atoms with Gasteiger partial charge in [-0.05, 0) is 55.7 Å². The minimum Gasteiger partial charge on any atom is -0.340 e. The molecule has 2 aliphatic heterocycles. The van der Waals surface area contributed by atoms with Crippen LogP contribution in [-0.4, -0.2) is 53.3 Å². The van der Waals surface area contributed by atoms with Crippen LogP contribution in [0.3, 0.4) is 0 Å². The first-order chi connectivity index (χ1) is 13.0. The Labute approximate surface area is 174 Å². The Morgan fingerprint density at radius 1 is 1.18 bits per heavy atom. The summed E-state index contributed by atoms with van der Waals surface area (Å²) in [6, 6.07) is 9.33. The van der Waals surface area contributed by atoms with E-state index in [0.717, 1.165) is 38.6 Å². The number of carbonyl (C=O) groups is 2. The Hall–Kier alpha value is -1.59. The van der Waals surface area contributed by atoms with E-state index in [0.29, 0.717) is 24.6 Å². The van der Waals surface area contributed by atoms with Crippen molar-refractivity contribution in [2.75, 3.05) is 19.6 Å². The highest BCUT2D eigenvalue weighted by Gasteiger charge is 2.49. The van der Waals surface area contributed by atoms with E-state index in [1.54, 1.807) is 0 Å². The van der Waals surface area contributed by atoms with Gasteiger partial charge in [0, 0.05) is 24.7 Å². The minimum absolute atomic E-state index is 0. The van der Waals surface area contributed by atoms with Gasteiger partial charge in [-0.25, -0.2) is 0 Å². The Kier molecular flexibility index (Phi) is 6.35. The number of carbonyl (C=O) groups excluding carboxylic acids is 2. The van der Waals surface area contributed by atoms with E-state index in [9.17, 15) is 9.59 Å². The fraction of sp³-hybridized carbons (Fsp3) is 0.636. The molecule has 3 aliphatic rings. The number of hydrogen-bond acceptors (Lipinski definition) is 3. The third kappa shape index (κ3) is 3.79. The van der Waals surface area contributed by atoms with Crippen LogP contribution in [0.25, 0.3) is 0 Å². The Morgan fingerprint density at radius 2 is 1.89 bits per heavy atom. The normalized spacial score (nSPS) is 32.0. The van der Waals surface area contributed by atoms with Crippen LogP contribution in [0.5, 0.6) is 0 Å². The summed E-state index contributed by atoms with van der Waals surface area (Å²) in [5.74, 6) is 0.610. The molecule has 2 amide bonds. The number of rotatable bonds is 3. The van der Waals surface area contributed by atoms with Crippen molar-refractivity contribution in [3.8, 4) is 0 Å². The molecule has 4 unspecified atom stereocenters. The summed E-state index contributed by atoms with van der Waals surface area (Å²) in [4.78, 5) is 30.7. The molecular weight excluding hydrogens is 374 g/mol. The zero-order valence-electron chi connectivity index (χ0n) is 16.7. The maximum Gasteiger partial charge on any atom is 0.254 e. The maximum absolute atomic E-state index is 13.4. The number of fused-ring (bicyclic) bond motifs is 1. The van der Waals surface area contributed by atoms with Gasteiger partial charge in [0.15, 0.2) is 0 Å². The van der Waals surface area contributed by atoms with Crippen molar-refractivity contribution >= 4 is 24.2 Å². The summed E-state index contributed by atoms with van der Waals surface area (Å²) in [5, 5.41) is 0. The van der Waals surface area contributed by atoms with Gasteiger partial charge in [-0.3, -0.25) is 9.59 Å². The highest BCUT2D eigenvalue weighted by molar-refractivity contribution is 5.98. The van der Waals surface area contributed by atoms with E-state index < -0.39 is 0 Å². The van der Waals surface area contributed by atoms with Crippen molar-refractivity contribution in [3.63, 3.8) is 0 Å². The van der Waals surface area contributed by atoms with E-state index >= 15 is 0 Å². The molecule has 0 radical (unpaired) electrons. The van der Waals surface area contributed by atoms with Crippen molar-refractivity contribution < 1.29 is 9.59 Å². The van der Waals surface area contributed by atoms with Gasteiger partial charge < -0.3 is 15.5 Å². The van der Waals surface area contributed by atoms with Crippen LogP contribution in [0.4, 0.5) is 0 Å². The van der Waals surface area contributed by atoms with Crippen molar-refractivity contribution in [2.45, 2.75) is 57.5 Å². The molecular formula is C22H32ClN3O2. The van der Waals surface area contributed by atoms with Crippen LogP contribution in [0.15, 0.2) is 30.3 Å². The second-order valence-corrected chi connectivity index (χ2v) is 8.97. The van der Waals surface area contributed by atoms with Crippen LogP contribution < -0.4 is 5.73 Å². The van der Waals surface area contributed by atoms with Gasteiger partial charge in [0.2, 0.25) is 5.91 Å². The maximum atomic E-state index is 13.4. The van der Waals surface area contributed by atoms with Gasteiger partial charge in [-0.1, -0.05) is 38.0 Å². The molecule has 0 aromatic heterocycles. The molecule has 6 heteroatoms. The zero-order valence-corrected chi connectivity index (χ0v) is 17.5. The molecule has 0 spiro atoms. The topological polar surface area (TPSA) is 66.6 Å². The van der Waals surface area contributed by atoms with E-state index in [1.807, 2.05) is 40.1 Å². The average Bonchev–Trinajstić information content (AvgIpc) is 3.29. The lowest BCUT2D eigenvalue weighted by atomic mass is 9.84. The summed E-state index contributed by atoms with van der Waals surface area (Å²) in [6.45, 7) is 4.22. The van der Waals surface area contributed by atoms with Crippen molar-refractivity contribution in [3.05, 3.63) is 35.9 Å². The summed E-state index contributed by atoms with van der Waals surface area (Å²) >= 11 is 0. The number of likely N-dealkylation sites (tertiary alicyclic amines) is 2. The fourth-order valence-corrected chi connectivity index (χ4v) is 5.29. The molecule has 0 bridgehead atoms. The number of nitrogens with zero attached hydrogens (tertiary/aromatic N) is 2. The van der Waals surface area contributed by atoms with Gasteiger partial charge in [0.05, 0.1) is 0 Å². The second kappa shape index (κ2) is 8.42. The number of halogens is 1. The van der Waals surface area contributed by atoms with E-state index in [1.165, 1.54) is 6.42 Å². The third-order valence-electron chi connectivity index (χ3n) is 6.99. The van der Waals surface area contributed by atoms with Crippen LogP contribution in [0, 0.1) is 11.3 Å². The third-order valence-corrected chi connectivity index (χ3v) is 6.99. The lowest BCUT2D eigenvalue weighted by Crippen LogP contribution is -2.50. The van der Waals surface area contributed by atoms with E-state index in [4.69, 9.17) is 5.73 Å². The molecule has 1 saturated carbocycles. The van der Waals surface area contributed by atoms with Gasteiger partial charge >= 0.3 is 0 Å². The van der Waals surface area contributed by atoms with Crippen molar-refractivity contribution in [1.82, 2.24) is 9.80 Å². The lowest BCUT2D eigenvalue weighted by molar-refractivity contribution is -0.135. The average molecular weight is 406 g/mol. The molecule has 1 aromatic carbocycles. The molecule has 3 fully saturated rings. The predicted molar refractivity (Wildman–Crippen MR) is 112 cm³/mol. The van der Waals surface area contributed by atoms with Crippen molar-refractivity contribution in [2.24, 2.45) is 17.1 Å². The van der Waals surface area contributed by atoms with Gasteiger partial charge in [0.25, 0.3) is 5.91 Å². The van der Waals surface area contributed by atoms with Gasteiger partial charge in [-0.2, -0.15) is 0 Å². The van der Waals surface area contributed by atoms with Gasteiger partial charge in [-0.15, -0.1) is 12.4 Å². The molecule has 2 N–H and O–H groups in total. The van der Waals surface area contributed by atoms with Crippen molar-refractivity contribution in [1.29, 1.82) is 0 Å². The van der Waals surface area contributed by atoms with Crippen LogP contribution in [-0.2, 0) is 4.79 Å². The quantitative estimate of drug-likeness (QED) is 0.840. The standard InChI is InChI=1S/C22H31N3O2.ClH/c1-22(14-23)11-12-24(15-22)21(27)19-13-17-9-5-6-10-18(17)25(19)20(26)16-7-3-2-4-8-16;/h2-4,7-8,17-19H,5-6,9-15,23H2,1H3;1H. The monoisotopic (exact) mass is 405 g/mol. The summed E-state index contributed by atoms with van der Waals surface area (Å²) in [6.07, 6.45) is 6.28. The largest absolute Gasteiger partial charge is 0.340 e. The Balaban J connectivity index is 0.00000225. The zero-order chi connectivity index (χ0) is 19.0. The number of nitrogens with two attached hydrogens (primary N) is 1. The van der Waals surface area contributed by atoms with Crippen LogP contribution in [0.1, 0.15) is 55.8 Å². The SMILES string of the molecule is CC1(CN)CCN(C(=O)C2CC3CCCCC3N2C(=O)c2ccccc2)C1.Cl. The summed E-state index contributed by atoms with van der Waals surface area (Å²) in [7, 11) is 0. The first-order valence-corrected chi connectivity index (χ1v) is 10.4. The molecule has 2 heterocycles. The first-order valence-electron chi connectivity index (χ1n) is 10.4. The lowest BCUT2D eigenvalue weighted by Gasteiger charge is -2.35. The highest BCUT2D eigenvalue weighted by Crippen LogP contribution is 2.42. The molecule has 154 valence electrons. The van der Waals surface area contributed by atoms with E-state index in [2.05, 4.69) is 6.92 Å². The molecule has 1 aliphatic carbocycles. The van der Waals surface area contributed by atoms with Gasteiger partial charge in [0.1, 0.15) is 6.04 Å². The number of hydrogen-bond donors (Lipinski definition) is 1. The minimum atomic E-state index is -0.314. The molecule has 4 atom stereocenters. The summed E-state index contributed by atoms with van der Waals surface area (Å²) < 4.78 is 0. The summed E-state index contributed by atoms with van der Waals surface area (Å²) in [5.41, 5.74) is 6.63.